The van der Waals surface area contributed by atoms with Crippen molar-refractivity contribution < 1.29 is 22.5 Å². The lowest BCUT2D eigenvalue weighted by atomic mass is 10.1. The smallest absolute Gasteiger partial charge is 0.253 e. The maximum atomic E-state index is 13.2. The summed E-state index contributed by atoms with van der Waals surface area (Å²) in [6, 6.07) is 21.2. The molecule has 174 valence electrons. The molecule has 0 unspecified atom stereocenters. The first kappa shape index (κ1) is 22.1. The second kappa shape index (κ2) is 8.92. The standard InChI is InChI=1S/C25H23N3O5S/c1-32-20-8-10-21(11-9-20)34(30,31)28-15-13-27(14-16-28)25(29)19-7-12-23-22(17-19)24(33-26-23)18-5-3-2-4-6-18/h2-12,17H,13-16H2,1H3. The highest BCUT2D eigenvalue weighted by atomic mass is 32.2. The van der Waals surface area contributed by atoms with Gasteiger partial charge in [0.25, 0.3) is 5.91 Å². The highest BCUT2D eigenvalue weighted by Gasteiger charge is 2.30. The van der Waals surface area contributed by atoms with E-state index in [0.29, 0.717) is 35.7 Å². The van der Waals surface area contributed by atoms with Crippen LogP contribution in [0.4, 0.5) is 0 Å². The van der Waals surface area contributed by atoms with Crippen LogP contribution in [0.5, 0.6) is 5.75 Å². The van der Waals surface area contributed by atoms with Crippen LogP contribution < -0.4 is 4.74 Å². The molecule has 0 atom stereocenters. The van der Waals surface area contributed by atoms with E-state index in [0.717, 1.165) is 10.9 Å². The summed E-state index contributed by atoms with van der Waals surface area (Å²) in [5.41, 5.74) is 2.07. The summed E-state index contributed by atoms with van der Waals surface area (Å²) in [4.78, 5) is 15.1. The van der Waals surface area contributed by atoms with Gasteiger partial charge in [0.2, 0.25) is 10.0 Å². The zero-order valence-electron chi connectivity index (χ0n) is 18.5. The molecule has 9 heteroatoms. The molecule has 3 aromatic carbocycles. The Balaban J connectivity index is 1.32. The van der Waals surface area contributed by atoms with Gasteiger partial charge < -0.3 is 14.2 Å². The van der Waals surface area contributed by atoms with Gasteiger partial charge in [0, 0.05) is 37.3 Å². The third kappa shape index (κ3) is 4.04. The first-order valence-corrected chi connectivity index (χ1v) is 12.3. The van der Waals surface area contributed by atoms with Gasteiger partial charge in [-0.3, -0.25) is 4.79 Å². The Hall–Kier alpha value is -3.69. The number of carbonyl (C=O) groups excluding carboxylic acids is 1. The van der Waals surface area contributed by atoms with Crippen molar-refractivity contribution in [2.45, 2.75) is 4.90 Å². The number of carbonyl (C=O) groups is 1. The molecule has 1 saturated heterocycles. The lowest BCUT2D eigenvalue weighted by Gasteiger charge is -2.34. The van der Waals surface area contributed by atoms with Gasteiger partial charge in [0.15, 0.2) is 5.76 Å². The van der Waals surface area contributed by atoms with Gasteiger partial charge in [-0.15, -0.1) is 0 Å². The molecular weight excluding hydrogens is 454 g/mol. The van der Waals surface area contributed by atoms with E-state index in [1.807, 2.05) is 30.3 Å². The molecular formula is C25H23N3O5S. The maximum absolute atomic E-state index is 13.2. The second-order valence-electron chi connectivity index (χ2n) is 7.98. The topological polar surface area (TPSA) is 93.0 Å². The van der Waals surface area contributed by atoms with E-state index < -0.39 is 10.0 Å². The van der Waals surface area contributed by atoms with Crippen LogP contribution in [0, 0.1) is 0 Å². The first-order valence-electron chi connectivity index (χ1n) is 10.9. The van der Waals surface area contributed by atoms with Crippen molar-refractivity contribution in [3.63, 3.8) is 0 Å². The Labute approximate surface area is 197 Å². The lowest BCUT2D eigenvalue weighted by molar-refractivity contribution is 0.0698. The summed E-state index contributed by atoms with van der Waals surface area (Å²) in [6.45, 7) is 1.07. The van der Waals surface area contributed by atoms with Crippen LogP contribution in [-0.4, -0.2) is 62.0 Å². The number of sulfonamides is 1. The van der Waals surface area contributed by atoms with Crippen LogP contribution in [0.15, 0.2) is 82.2 Å². The highest BCUT2D eigenvalue weighted by Crippen LogP contribution is 2.30. The zero-order valence-corrected chi connectivity index (χ0v) is 19.4. The van der Waals surface area contributed by atoms with Crippen LogP contribution in [0.3, 0.4) is 0 Å². The number of piperazine rings is 1. The van der Waals surface area contributed by atoms with Crippen molar-refractivity contribution in [2.75, 3.05) is 33.3 Å². The number of aromatic nitrogens is 1. The van der Waals surface area contributed by atoms with E-state index in [1.165, 1.54) is 23.5 Å². The molecule has 0 N–H and O–H groups in total. The summed E-state index contributed by atoms with van der Waals surface area (Å²) in [5.74, 6) is 1.05. The predicted octanol–water partition coefficient (Wildman–Crippen LogP) is 3.65. The van der Waals surface area contributed by atoms with Gasteiger partial charge in [0.1, 0.15) is 11.3 Å². The number of ether oxygens (including phenoxy) is 1. The van der Waals surface area contributed by atoms with Crippen LogP contribution in [-0.2, 0) is 10.0 Å². The number of hydrogen-bond donors (Lipinski definition) is 0. The molecule has 1 aromatic heterocycles. The van der Waals surface area contributed by atoms with E-state index in [9.17, 15) is 13.2 Å². The Morgan fingerprint density at radius 3 is 2.32 bits per heavy atom. The molecule has 2 heterocycles. The third-order valence-corrected chi connectivity index (χ3v) is 7.90. The fraction of sp³-hybridized carbons (Fsp3) is 0.200. The van der Waals surface area contributed by atoms with Gasteiger partial charge in [-0.05, 0) is 42.5 Å². The van der Waals surface area contributed by atoms with Crippen molar-refractivity contribution in [3.8, 4) is 17.1 Å². The molecule has 1 aliphatic heterocycles. The molecule has 1 fully saturated rings. The number of rotatable bonds is 5. The molecule has 5 rings (SSSR count). The number of fused-ring (bicyclic) bond motifs is 1. The predicted molar refractivity (Wildman–Crippen MR) is 127 cm³/mol. The fourth-order valence-electron chi connectivity index (χ4n) is 4.08. The molecule has 34 heavy (non-hydrogen) atoms. The molecule has 0 bridgehead atoms. The SMILES string of the molecule is COc1ccc(S(=O)(=O)N2CCN(C(=O)c3ccc4noc(-c5ccccc5)c4c3)CC2)cc1. The average Bonchev–Trinajstić information content (AvgIpc) is 3.32. The summed E-state index contributed by atoms with van der Waals surface area (Å²) >= 11 is 0. The Morgan fingerprint density at radius 2 is 1.65 bits per heavy atom. The molecule has 0 aliphatic carbocycles. The Morgan fingerprint density at radius 1 is 0.941 bits per heavy atom. The van der Waals surface area contributed by atoms with Crippen LogP contribution in [0.2, 0.25) is 0 Å². The van der Waals surface area contributed by atoms with Gasteiger partial charge in [-0.2, -0.15) is 4.31 Å². The summed E-state index contributed by atoms with van der Waals surface area (Å²) in [6.07, 6.45) is 0. The molecule has 0 saturated carbocycles. The quantitative estimate of drug-likeness (QED) is 0.436. The summed E-state index contributed by atoms with van der Waals surface area (Å²) in [7, 11) is -2.11. The largest absolute Gasteiger partial charge is 0.497 e. The number of hydrogen-bond acceptors (Lipinski definition) is 6. The zero-order chi connectivity index (χ0) is 23.7. The van der Waals surface area contributed by atoms with Crippen molar-refractivity contribution >= 4 is 26.8 Å². The summed E-state index contributed by atoms with van der Waals surface area (Å²) < 4.78 is 38.0. The van der Waals surface area contributed by atoms with Gasteiger partial charge >= 0.3 is 0 Å². The average molecular weight is 478 g/mol. The fourth-order valence-corrected chi connectivity index (χ4v) is 5.51. The molecule has 8 nitrogen and oxygen atoms in total. The van der Waals surface area contributed by atoms with Crippen molar-refractivity contribution in [3.05, 3.63) is 78.4 Å². The monoisotopic (exact) mass is 477 g/mol. The maximum Gasteiger partial charge on any atom is 0.253 e. The normalized spacial score (nSPS) is 14.9. The second-order valence-corrected chi connectivity index (χ2v) is 9.92. The van der Waals surface area contributed by atoms with Gasteiger partial charge in [-0.25, -0.2) is 8.42 Å². The number of nitrogens with zero attached hydrogens (tertiary/aromatic N) is 3. The van der Waals surface area contributed by atoms with Gasteiger partial charge in [-0.1, -0.05) is 35.5 Å². The molecule has 0 spiro atoms. The van der Waals surface area contributed by atoms with Crippen LogP contribution >= 0.6 is 0 Å². The van der Waals surface area contributed by atoms with Crippen molar-refractivity contribution in [2.24, 2.45) is 0 Å². The molecule has 1 aliphatic rings. The molecule has 1 amide bonds. The number of benzene rings is 3. The highest BCUT2D eigenvalue weighted by molar-refractivity contribution is 7.89. The van der Waals surface area contributed by atoms with E-state index >= 15 is 0 Å². The van der Waals surface area contributed by atoms with Crippen molar-refractivity contribution in [1.82, 2.24) is 14.4 Å². The lowest BCUT2D eigenvalue weighted by Crippen LogP contribution is -2.50. The van der Waals surface area contributed by atoms with Crippen LogP contribution in [0.25, 0.3) is 22.2 Å². The summed E-state index contributed by atoms with van der Waals surface area (Å²) in [5, 5.41) is 4.87. The van der Waals surface area contributed by atoms with E-state index in [2.05, 4.69) is 5.16 Å². The molecule has 0 radical (unpaired) electrons. The Bertz CT molecular complexity index is 1420. The van der Waals surface area contributed by atoms with E-state index in [4.69, 9.17) is 9.26 Å². The van der Waals surface area contributed by atoms with E-state index in [-0.39, 0.29) is 23.9 Å². The molecule has 4 aromatic rings. The first-order chi connectivity index (χ1) is 16.5. The Kier molecular flexibility index (Phi) is 5.80. The van der Waals surface area contributed by atoms with E-state index in [1.54, 1.807) is 35.2 Å². The number of methoxy groups -OCH3 is 1. The number of amides is 1. The van der Waals surface area contributed by atoms with Gasteiger partial charge in [0.05, 0.1) is 17.4 Å². The van der Waals surface area contributed by atoms with Crippen LogP contribution in [0.1, 0.15) is 10.4 Å². The minimum atomic E-state index is -3.64. The third-order valence-electron chi connectivity index (χ3n) is 5.98. The van der Waals surface area contributed by atoms with Crippen molar-refractivity contribution in [1.29, 1.82) is 0 Å². The minimum Gasteiger partial charge on any atom is -0.497 e. The minimum absolute atomic E-state index is 0.149.